The first-order valence-corrected chi connectivity index (χ1v) is 8.07. The molecule has 1 aliphatic rings. The fraction of sp³-hybridized carbons (Fsp3) is 0.444. The highest BCUT2D eigenvalue weighted by molar-refractivity contribution is 5.85. The van der Waals surface area contributed by atoms with Crippen LogP contribution < -0.4 is 10.1 Å². The first-order valence-electron chi connectivity index (χ1n) is 8.07. The molecule has 0 spiro atoms. The maximum absolute atomic E-state index is 12.4. The number of hydrogen-bond donors (Lipinski definition) is 1. The Morgan fingerprint density at radius 1 is 1.38 bits per heavy atom. The third kappa shape index (κ3) is 3.14. The summed E-state index contributed by atoms with van der Waals surface area (Å²) in [6.07, 6.45) is 5.46. The van der Waals surface area contributed by atoms with Crippen molar-refractivity contribution in [3.05, 3.63) is 42.2 Å². The molecular weight excluding hydrogens is 306 g/mol. The normalized spacial score (nSPS) is 16.5. The Morgan fingerprint density at radius 2 is 2.12 bits per heavy atom. The van der Waals surface area contributed by atoms with Crippen molar-refractivity contribution in [2.45, 2.75) is 25.8 Å². The van der Waals surface area contributed by atoms with E-state index in [1.54, 1.807) is 25.1 Å². The molecule has 1 saturated carbocycles. The molecule has 2 aromatic rings. The van der Waals surface area contributed by atoms with Crippen LogP contribution in [-0.2, 0) is 9.53 Å². The van der Waals surface area contributed by atoms with Gasteiger partial charge in [-0.2, -0.15) is 5.10 Å². The van der Waals surface area contributed by atoms with Crippen molar-refractivity contribution in [2.75, 3.05) is 20.8 Å². The summed E-state index contributed by atoms with van der Waals surface area (Å²) in [6, 6.07) is 7.57. The highest BCUT2D eigenvalue weighted by Gasteiger charge is 2.50. The van der Waals surface area contributed by atoms with Gasteiger partial charge in [0.15, 0.2) is 0 Å². The first-order chi connectivity index (χ1) is 11.6. The summed E-state index contributed by atoms with van der Waals surface area (Å²) < 4.78 is 12.3. The lowest BCUT2D eigenvalue weighted by Gasteiger charge is -2.18. The molecule has 0 bridgehead atoms. The third-order valence-corrected chi connectivity index (χ3v) is 4.54. The quantitative estimate of drug-likeness (QED) is 0.847. The van der Waals surface area contributed by atoms with Crippen molar-refractivity contribution in [3.63, 3.8) is 0 Å². The number of ether oxygens (including phenoxy) is 2. The van der Waals surface area contributed by atoms with E-state index in [0.717, 1.165) is 29.8 Å². The molecule has 1 aliphatic carbocycles. The first kappa shape index (κ1) is 16.5. The molecule has 6 nitrogen and oxygen atoms in total. The predicted molar refractivity (Wildman–Crippen MR) is 90.2 cm³/mol. The second kappa shape index (κ2) is 6.65. The second-order valence-electron chi connectivity index (χ2n) is 6.30. The van der Waals surface area contributed by atoms with Crippen LogP contribution in [0.2, 0.25) is 0 Å². The van der Waals surface area contributed by atoms with Crippen LogP contribution in [0.15, 0.2) is 36.7 Å². The standard InChI is InChI=1S/C18H23N3O3/c1-13(20-17(22)18(8-9-18)12-23-2)14-10-19-21(11-14)15-6-4-5-7-16(15)24-3/h4-7,10-11,13H,8-9,12H2,1-3H3,(H,20,22)/t13-/m0/s1. The summed E-state index contributed by atoms with van der Waals surface area (Å²) in [5.41, 5.74) is 1.48. The molecule has 1 N–H and O–H groups in total. The number of benzene rings is 1. The van der Waals surface area contributed by atoms with Gasteiger partial charge in [-0.3, -0.25) is 4.79 Å². The van der Waals surface area contributed by atoms with E-state index in [1.807, 2.05) is 37.4 Å². The highest BCUT2D eigenvalue weighted by atomic mass is 16.5. The van der Waals surface area contributed by atoms with Crippen molar-refractivity contribution in [3.8, 4) is 11.4 Å². The lowest BCUT2D eigenvalue weighted by Crippen LogP contribution is -2.36. The monoisotopic (exact) mass is 329 g/mol. The van der Waals surface area contributed by atoms with Crippen molar-refractivity contribution in [1.82, 2.24) is 15.1 Å². The van der Waals surface area contributed by atoms with E-state index >= 15 is 0 Å². The maximum atomic E-state index is 12.4. The SMILES string of the molecule is COCC1(C(=O)N[C@@H](C)c2cnn(-c3ccccc3OC)c2)CC1. The van der Waals surface area contributed by atoms with Gasteiger partial charge in [-0.1, -0.05) is 12.1 Å². The van der Waals surface area contributed by atoms with Crippen molar-refractivity contribution >= 4 is 5.91 Å². The lowest BCUT2D eigenvalue weighted by molar-refractivity contribution is -0.128. The largest absolute Gasteiger partial charge is 0.494 e. The third-order valence-electron chi connectivity index (χ3n) is 4.54. The van der Waals surface area contributed by atoms with E-state index < -0.39 is 0 Å². The Hall–Kier alpha value is -2.34. The number of hydrogen-bond acceptors (Lipinski definition) is 4. The summed E-state index contributed by atoms with van der Waals surface area (Å²) in [5, 5.41) is 7.47. The number of para-hydroxylation sites is 2. The van der Waals surface area contributed by atoms with Crippen molar-refractivity contribution < 1.29 is 14.3 Å². The predicted octanol–water partition coefficient (Wildman–Crippen LogP) is 2.48. The minimum atomic E-state index is -0.332. The van der Waals surface area contributed by atoms with E-state index in [4.69, 9.17) is 9.47 Å². The van der Waals surface area contributed by atoms with Gasteiger partial charge < -0.3 is 14.8 Å². The number of amides is 1. The molecule has 24 heavy (non-hydrogen) atoms. The average Bonchev–Trinajstić information content (AvgIpc) is 3.21. The van der Waals surface area contributed by atoms with Gasteiger partial charge in [0.05, 0.1) is 31.4 Å². The van der Waals surface area contributed by atoms with E-state index in [-0.39, 0.29) is 17.4 Å². The fourth-order valence-corrected chi connectivity index (χ4v) is 2.81. The van der Waals surface area contributed by atoms with Crippen LogP contribution in [0.5, 0.6) is 5.75 Å². The van der Waals surface area contributed by atoms with E-state index in [2.05, 4.69) is 10.4 Å². The molecule has 0 aliphatic heterocycles. The molecule has 6 heteroatoms. The molecule has 3 rings (SSSR count). The Bertz CT molecular complexity index is 722. The number of methoxy groups -OCH3 is 2. The van der Waals surface area contributed by atoms with Crippen LogP contribution in [0.4, 0.5) is 0 Å². The van der Waals surface area contributed by atoms with Gasteiger partial charge >= 0.3 is 0 Å². The minimum Gasteiger partial charge on any atom is -0.494 e. The molecule has 0 saturated heterocycles. The molecule has 128 valence electrons. The van der Waals surface area contributed by atoms with E-state index in [1.165, 1.54) is 0 Å². The molecule has 0 radical (unpaired) electrons. The summed E-state index contributed by atoms with van der Waals surface area (Å²) in [7, 11) is 3.27. The molecule has 1 heterocycles. The number of carbonyl (C=O) groups is 1. The summed E-state index contributed by atoms with van der Waals surface area (Å²) in [5.74, 6) is 0.808. The molecular formula is C18H23N3O3. The van der Waals surface area contributed by atoms with Crippen LogP contribution in [-0.4, -0.2) is 36.5 Å². The summed E-state index contributed by atoms with van der Waals surface area (Å²) in [4.78, 5) is 12.4. The van der Waals surface area contributed by atoms with Crippen molar-refractivity contribution in [2.24, 2.45) is 5.41 Å². The van der Waals surface area contributed by atoms with Gasteiger partial charge in [0.1, 0.15) is 11.4 Å². The topological polar surface area (TPSA) is 65.4 Å². The smallest absolute Gasteiger partial charge is 0.229 e. The zero-order chi connectivity index (χ0) is 17.2. The van der Waals surface area contributed by atoms with Gasteiger partial charge in [0.25, 0.3) is 0 Å². The molecule has 1 aromatic carbocycles. The van der Waals surface area contributed by atoms with Gasteiger partial charge in [-0.15, -0.1) is 0 Å². The van der Waals surface area contributed by atoms with Crippen LogP contribution in [0.3, 0.4) is 0 Å². The molecule has 0 unspecified atom stereocenters. The highest BCUT2D eigenvalue weighted by Crippen LogP contribution is 2.46. The zero-order valence-corrected chi connectivity index (χ0v) is 14.3. The Kier molecular flexibility index (Phi) is 4.57. The number of carbonyl (C=O) groups excluding carboxylic acids is 1. The van der Waals surface area contributed by atoms with Crippen LogP contribution >= 0.6 is 0 Å². The van der Waals surface area contributed by atoms with Gasteiger partial charge in [-0.05, 0) is 31.9 Å². The lowest BCUT2D eigenvalue weighted by atomic mass is 10.1. The van der Waals surface area contributed by atoms with Crippen LogP contribution in [0, 0.1) is 5.41 Å². The van der Waals surface area contributed by atoms with Crippen LogP contribution in [0.25, 0.3) is 5.69 Å². The van der Waals surface area contributed by atoms with Gasteiger partial charge in [-0.25, -0.2) is 4.68 Å². The average molecular weight is 329 g/mol. The van der Waals surface area contributed by atoms with Gasteiger partial charge in [0, 0.05) is 18.9 Å². The number of nitrogens with one attached hydrogen (secondary N) is 1. The summed E-state index contributed by atoms with van der Waals surface area (Å²) >= 11 is 0. The maximum Gasteiger partial charge on any atom is 0.229 e. The zero-order valence-electron chi connectivity index (χ0n) is 14.3. The Morgan fingerprint density at radius 3 is 2.79 bits per heavy atom. The molecule has 1 aromatic heterocycles. The number of nitrogens with zero attached hydrogens (tertiary/aromatic N) is 2. The van der Waals surface area contributed by atoms with E-state index in [9.17, 15) is 4.79 Å². The molecule has 1 atom stereocenters. The summed E-state index contributed by atoms with van der Waals surface area (Å²) in [6.45, 7) is 2.44. The fourth-order valence-electron chi connectivity index (χ4n) is 2.81. The van der Waals surface area contributed by atoms with Crippen LogP contribution in [0.1, 0.15) is 31.4 Å². The number of aromatic nitrogens is 2. The van der Waals surface area contributed by atoms with E-state index in [0.29, 0.717) is 6.61 Å². The molecule has 1 fully saturated rings. The second-order valence-corrected chi connectivity index (χ2v) is 6.30. The number of rotatable bonds is 7. The Labute approximate surface area is 141 Å². The van der Waals surface area contributed by atoms with Gasteiger partial charge in [0.2, 0.25) is 5.91 Å². The van der Waals surface area contributed by atoms with Crippen molar-refractivity contribution in [1.29, 1.82) is 0 Å². The Balaban J connectivity index is 1.72. The minimum absolute atomic E-state index is 0.0573. The molecule has 1 amide bonds.